The van der Waals surface area contributed by atoms with Gasteiger partial charge in [0.05, 0.1) is 26.1 Å². The van der Waals surface area contributed by atoms with Crippen LogP contribution < -0.4 is 0 Å². The molecule has 0 saturated heterocycles. The average Bonchev–Trinajstić information content (AvgIpc) is 2.26. The fourth-order valence-corrected chi connectivity index (χ4v) is 1.03. The first-order valence-electron chi connectivity index (χ1n) is 5.66. The van der Waals surface area contributed by atoms with Crippen molar-refractivity contribution in [2.75, 3.05) is 13.2 Å². The first kappa shape index (κ1) is 14.7. The van der Waals surface area contributed by atoms with Crippen LogP contribution in [0, 0.1) is 0 Å². The largest absolute Gasteiger partial charge is 0.466 e. The second-order valence-corrected chi connectivity index (χ2v) is 3.19. The summed E-state index contributed by atoms with van der Waals surface area (Å²) < 4.78 is 9.61. The molecule has 16 heavy (non-hydrogen) atoms. The van der Waals surface area contributed by atoms with Gasteiger partial charge in [0.15, 0.2) is 0 Å². The van der Waals surface area contributed by atoms with Crippen LogP contribution >= 0.6 is 0 Å². The Bertz CT molecular complexity index is 233. The molecule has 0 unspecified atom stereocenters. The van der Waals surface area contributed by atoms with Gasteiger partial charge in [-0.25, -0.2) is 0 Å². The molecule has 4 heteroatoms. The minimum atomic E-state index is -0.356. The molecule has 0 aliphatic heterocycles. The molecule has 0 N–H and O–H groups in total. The van der Waals surface area contributed by atoms with Gasteiger partial charge in [-0.15, -0.1) is 0 Å². The normalized spacial score (nSPS) is 10.4. The van der Waals surface area contributed by atoms with E-state index in [0.717, 1.165) is 12.8 Å². The Kier molecular flexibility index (Phi) is 9.36. The smallest absolute Gasteiger partial charge is 0.306 e. The SMILES string of the molecule is CC/C=C/CCOC(=O)CCC(=O)OCC. The molecule has 0 saturated carbocycles. The lowest BCUT2D eigenvalue weighted by Crippen LogP contribution is -2.10. The predicted octanol–water partition coefficient (Wildman–Crippen LogP) is 2.23. The highest BCUT2D eigenvalue weighted by atomic mass is 16.5. The molecule has 0 heterocycles. The standard InChI is InChI=1S/C12H20O4/c1-3-5-6-7-10-16-12(14)9-8-11(13)15-4-2/h5-6H,3-4,7-10H2,1-2H3/b6-5+. The van der Waals surface area contributed by atoms with Crippen LogP contribution in [0.3, 0.4) is 0 Å². The van der Waals surface area contributed by atoms with Gasteiger partial charge in [0.2, 0.25) is 0 Å². The van der Waals surface area contributed by atoms with Gasteiger partial charge < -0.3 is 9.47 Å². The van der Waals surface area contributed by atoms with Crippen LogP contribution in [0.2, 0.25) is 0 Å². The van der Waals surface area contributed by atoms with Gasteiger partial charge in [0, 0.05) is 0 Å². The Labute approximate surface area is 96.6 Å². The second-order valence-electron chi connectivity index (χ2n) is 3.19. The van der Waals surface area contributed by atoms with Crippen molar-refractivity contribution >= 4 is 11.9 Å². The van der Waals surface area contributed by atoms with Crippen LogP contribution in [0.1, 0.15) is 39.5 Å². The van der Waals surface area contributed by atoms with Crippen LogP contribution in [0.25, 0.3) is 0 Å². The van der Waals surface area contributed by atoms with Crippen molar-refractivity contribution in [3.8, 4) is 0 Å². The minimum absolute atomic E-state index is 0.0936. The van der Waals surface area contributed by atoms with Crippen LogP contribution in [0.15, 0.2) is 12.2 Å². The molecule has 0 radical (unpaired) electrons. The summed E-state index contributed by atoms with van der Waals surface area (Å²) in [7, 11) is 0. The third kappa shape index (κ3) is 9.24. The molecular weight excluding hydrogens is 208 g/mol. The molecule has 0 rings (SSSR count). The van der Waals surface area contributed by atoms with E-state index in [2.05, 4.69) is 0 Å². The molecule has 0 amide bonds. The van der Waals surface area contributed by atoms with Crippen molar-refractivity contribution in [2.45, 2.75) is 39.5 Å². The summed E-state index contributed by atoms with van der Waals surface area (Å²) in [6.07, 6.45) is 5.88. The van der Waals surface area contributed by atoms with Crippen molar-refractivity contribution in [3.63, 3.8) is 0 Å². The summed E-state index contributed by atoms with van der Waals surface area (Å²) in [6.45, 7) is 4.49. The molecule has 0 atom stereocenters. The van der Waals surface area contributed by atoms with Crippen molar-refractivity contribution in [1.82, 2.24) is 0 Å². The van der Waals surface area contributed by atoms with E-state index in [4.69, 9.17) is 9.47 Å². The molecule has 0 spiro atoms. The van der Waals surface area contributed by atoms with Gasteiger partial charge in [-0.2, -0.15) is 0 Å². The highest BCUT2D eigenvalue weighted by molar-refractivity contribution is 5.77. The lowest BCUT2D eigenvalue weighted by molar-refractivity contribution is -0.150. The van der Waals surface area contributed by atoms with Crippen molar-refractivity contribution in [3.05, 3.63) is 12.2 Å². The third-order valence-electron chi connectivity index (χ3n) is 1.79. The van der Waals surface area contributed by atoms with Gasteiger partial charge >= 0.3 is 11.9 Å². The van der Waals surface area contributed by atoms with E-state index < -0.39 is 0 Å². The Morgan fingerprint density at radius 3 is 2.19 bits per heavy atom. The Morgan fingerprint density at radius 2 is 1.62 bits per heavy atom. The zero-order valence-electron chi connectivity index (χ0n) is 10.0. The summed E-state index contributed by atoms with van der Waals surface area (Å²) in [5.74, 6) is -0.705. The molecule has 0 aliphatic rings. The zero-order valence-corrected chi connectivity index (χ0v) is 10.0. The maximum Gasteiger partial charge on any atom is 0.306 e. The number of carbonyl (C=O) groups excluding carboxylic acids is 2. The van der Waals surface area contributed by atoms with E-state index in [-0.39, 0.29) is 24.8 Å². The highest BCUT2D eigenvalue weighted by Gasteiger charge is 2.07. The fourth-order valence-electron chi connectivity index (χ4n) is 1.03. The second kappa shape index (κ2) is 10.2. The monoisotopic (exact) mass is 228 g/mol. The third-order valence-corrected chi connectivity index (χ3v) is 1.79. The molecular formula is C12H20O4. The van der Waals surface area contributed by atoms with Crippen LogP contribution in [0.5, 0.6) is 0 Å². The van der Waals surface area contributed by atoms with Crippen molar-refractivity contribution in [1.29, 1.82) is 0 Å². The van der Waals surface area contributed by atoms with Gasteiger partial charge in [-0.3, -0.25) is 9.59 Å². The molecule has 0 bridgehead atoms. The predicted molar refractivity (Wildman–Crippen MR) is 60.9 cm³/mol. The van der Waals surface area contributed by atoms with Crippen LogP contribution in [-0.4, -0.2) is 25.2 Å². The highest BCUT2D eigenvalue weighted by Crippen LogP contribution is 1.97. The van der Waals surface area contributed by atoms with E-state index in [0.29, 0.717) is 13.2 Å². The van der Waals surface area contributed by atoms with Gasteiger partial charge in [-0.1, -0.05) is 19.1 Å². The van der Waals surface area contributed by atoms with Crippen LogP contribution in [-0.2, 0) is 19.1 Å². The minimum Gasteiger partial charge on any atom is -0.466 e. The van der Waals surface area contributed by atoms with Crippen molar-refractivity contribution in [2.24, 2.45) is 0 Å². The van der Waals surface area contributed by atoms with Gasteiger partial charge in [-0.05, 0) is 19.8 Å². The molecule has 0 aliphatic carbocycles. The Hall–Kier alpha value is -1.32. The Morgan fingerprint density at radius 1 is 1.00 bits per heavy atom. The Balaban J connectivity index is 3.44. The zero-order chi connectivity index (χ0) is 12.2. The number of ether oxygens (including phenoxy) is 2. The van der Waals surface area contributed by atoms with Gasteiger partial charge in [0.25, 0.3) is 0 Å². The summed E-state index contributed by atoms with van der Waals surface area (Å²) in [4.78, 5) is 22.1. The maximum absolute atomic E-state index is 11.1. The topological polar surface area (TPSA) is 52.6 Å². The van der Waals surface area contributed by atoms with E-state index in [1.165, 1.54) is 0 Å². The number of esters is 2. The number of hydrogen-bond donors (Lipinski definition) is 0. The fraction of sp³-hybridized carbons (Fsp3) is 0.667. The summed E-state index contributed by atoms with van der Waals surface area (Å²) in [5, 5.41) is 0. The van der Waals surface area contributed by atoms with E-state index in [1.54, 1.807) is 6.92 Å². The lowest BCUT2D eigenvalue weighted by atomic mass is 10.3. The van der Waals surface area contributed by atoms with Gasteiger partial charge in [0.1, 0.15) is 0 Å². The van der Waals surface area contributed by atoms with Crippen molar-refractivity contribution < 1.29 is 19.1 Å². The van der Waals surface area contributed by atoms with E-state index in [9.17, 15) is 9.59 Å². The first-order chi connectivity index (χ1) is 7.70. The first-order valence-corrected chi connectivity index (χ1v) is 5.66. The number of carbonyl (C=O) groups is 2. The number of hydrogen-bond acceptors (Lipinski definition) is 4. The molecule has 4 nitrogen and oxygen atoms in total. The maximum atomic E-state index is 11.1. The number of allylic oxidation sites excluding steroid dienone is 1. The van der Waals surface area contributed by atoms with E-state index in [1.807, 2.05) is 19.1 Å². The molecule has 92 valence electrons. The van der Waals surface area contributed by atoms with Crippen LogP contribution in [0.4, 0.5) is 0 Å². The number of rotatable bonds is 8. The van der Waals surface area contributed by atoms with E-state index >= 15 is 0 Å². The average molecular weight is 228 g/mol. The lowest BCUT2D eigenvalue weighted by Gasteiger charge is -2.03. The molecule has 0 fully saturated rings. The molecule has 0 aromatic rings. The summed E-state index contributed by atoms with van der Waals surface area (Å²) in [6, 6.07) is 0. The molecule has 0 aromatic carbocycles. The summed E-state index contributed by atoms with van der Waals surface area (Å²) in [5.41, 5.74) is 0. The molecule has 0 aromatic heterocycles. The summed E-state index contributed by atoms with van der Waals surface area (Å²) >= 11 is 0. The quantitative estimate of drug-likeness (QED) is 0.363.